The Bertz CT molecular complexity index is 865. The lowest BCUT2D eigenvalue weighted by Gasteiger charge is -2.61. The summed E-state index contributed by atoms with van der Waals surface area (Å²) in [7, 11) is 0. The third-order valence-electron chi connectivity index (χ3n) is 11.7. The molecular formula is C30H46N2O3. The third-order valence-corrected chi connectivity index (χ3v) is 11.7. The topological polar surface area (TPSA) is 66.5 Å². The highest BCUT2D eigenvalue weighted by Crippen LogP contribution is 2.68. The number of amides is 3. The maximum absolute atomic E-state index is 12.5. The van der Waals surface area contributed by atoms with Gasteiger partial charge in [-0.3, -0.25) is 19.3 Å². The molecule has 35 heavy (non-hydrogen) atoms. The first-order chi connectivity index (χ1) is 16.7. The standard InChI is InChI=1S/C30H46N2O3/c1-20(7-12-26(33)31-18-19-32-27(34)13-14-28(32)35)23-10-11-24-22-9-8-21-6-4-5-16-29(21,2)25(22)15-17-30(23,24)3/h13-14,20-25H,4-12,15-19H2,1-3H3,(H,31,33)/t20-,21?,22+,23-,24+,25+,29+,30-/m1/s1. The lowest BCUT2D eigenvalue weighted by molar-refractivity contribution is -0.137. The van der Waals surface area contributed by atoms with E-state index in [0.29, 0.717) is 29.7 Å². The van der Waals surface area contributed by atoms with Crippen LogP contribution in [0.1, 0.15) is 97.8 Å². The van der Waals surface area contributed by atoms with E-state index in [4.69, 9.17) is 0 Å². The van der Waals surface area contributed by atoms with Gasteiger partial charge in [0.1, 0.15) is 0 Å². The Morgan fingerprint density at radius 3 is 2.49 bits per heavy atom. The van der Waals surface area contributed by atoms with Gasteiger partial charge >= 0.3 is 0 Å². The van der Waals surface area contributed by atoms with Crippen LogP contribution in [0, 0.1) is 46.3 Å². The van der Waals surface area contributed by atoms with Crippen molar-refractivity contribution in [3.05, 3.63) is 12.2 Å². The number of carbonyl (C=O) groups excluding carboxylic acids is 3. The molecule has 8 atom stereocenters. The molecule has 0 saturated heterocycles. The van der Waals surface area contributed by atoms with Crippen molar-refractivity contribution < 1.29 is 14.4 Å². The summed E-state index contributed by atoms with van der Waals surface area (Å²) >= 11 is 0. The summed E-state index contributed by atoms with van der Waals surface area (Å²) in [5.74, 6) is 4.48. The van der Waals surface area contributed by atoms with E-state index in [1.54, 1.807) is 0 Å². The minimum absolute atomic E-state index is 0.0378. The monoisotopic (exact) mass is 482 g/mol. The third kappa shape index (κ3) is 4.39. The van der Waals surface area contributed by atoms with Gasteiger partial charge in [0.15, 0.2) is 0 Å². The maximum atomic E-state index is 12.5. The normalized spacial score (nSPS) is 41.3. The van der Waals surface area contributed by atoms with Crippen LogP contribution in [0.5, 0.6) is 0 Å². The highest BCUT2D eigenvalue weighted by molar-refractivity contribution is 6.12. The average molecular weight is 483 g/mol. The van der Waals surface area contributed by atoms with Crippen LogP contribution in [-0.2, 0) is 14.4 Å². The van der Waals surface area contributed by atoms with Crippen LogP contribution in [-0.4, -0.2) is 35.7 Å². The van der Waals surface area contributed by atoms with E-state index < -0.39 is 0 Å². The molecule has 0 bridgehead atoms. The fraction of sp³-hybridized carbons (Fsp3) is 0.833. The second-order valence-corrected chi connectivity index (χ2v) is 13.2. The number of hydrogen-bond acceptors (Lipinski definition) is 3. The fourth-order valence-electron chi connectivity index (χ4n) is 9.88. The van der Waals surface area contributed by atoms with Gasteiger partial charge < -0.3 is 5.32 Å². The number of nitrogens with zero attached hydrogens (tertiary/aromatic N) is 1. The molecule has 0 aromatic carbocycles. The Balaban J connectivity index is 1.13. The molecule has 0 aromatic rings. The van der Waals surface area contributed by atoms with Gasteiger partial charge in [0, 0.05) is 31.7 Å². The molecule has 4 saturated carbocycles. The molecule has 1 heterocycles. The average Bonchev–Trinajstić information content (AvgIpc) is 3.36. The molecule has 4 fully saturated rings. The number of fused-ring (bicyclic) bond motifs is 5. The number of nitrogens with one attached hydrogen (secondary N) is 1. The molecule has 1 N–H and O–H groups in total. The maximum Gasteiger partial charge on any atom is 0.253 e. The largest absolute Gasteiger partial charge is 0.354 e. The number of hydrogen-bond donors (Lipinski definition) is 1. The van der Waals surface area contributed by atoms with Gasteiger partial charge in [0.05, 0.1) is 0 Å². The van der Waals surface area contributed by atoms with Gasteiger partial charge in [-0.1, -0.05) is 33.6 Å². The molecule has 0 spiro atoms. The van der Waals surface area contributed by atoms with Crippen LogP contribution >= 0.6 is 0 Å². The van der Waals surface area contributed by atoms with Crippen LogP contribution in [0.15, 0.2) is 12.2 Å². The predicted octanol–water partition coefficient (Wildman–Crippen LogP) is 5.49. The molecular weight excluding hydrogens is 436 g/mol. The van der Waals surface area contributed by atoms with Crippen LogP contribution in [0.25, 0.3) is 0 Å². The van der Waals surface area contributed by atoms with Gasteiger partial charge in [-0.25, -0.2) is 0 Å². The van der Waals surface area contributed by atoms with Gasteiger partial charge in [-0.15, -0.1) is 0 Å². The molecule has 0 aromatic heterocycles. The van der Waals surface area contributed by atoms with E-state index in [-0.39, 0.29) is 24.3 Å². The number of rotatable bonds is 7. The first-order valence-electron chi connectivity index (χ1n) is 14.5. The molecule has 1 aliphatic heterocycles. The van der Waals surface area contributed by atoms with Crippen molar-refractivity contribution in [1.82, 2.24) is 10.2 Å². The van der Waals surface area contributed by atoms with Gasteiger partial charge in [-0.2, -0.15) is 0 Å². The summed E-state index contributed by atoms with van der Waals surface area (Å²) in [6.45, 7) is 8.23. The van der Waals surface area contributed by atoms with Crippen LogP contribution < -0.4 is 5.32 Å². The molecule has 3 amide bonds. The van der Waals surface area contributed by atoms with E-state index in [1.807, 2.05) is 0 Å². The molecule has 5 nitrogen and oxygen atoms in total. The Morgan fingerprint density at radius 1 is 0.971 bits per heavy atom. The summed E-state index contributed by atoms with van der Waals surface area (Å²) in [5.41, 5.74) is 1.04. The van der Waals surface area contributed by atoms with Crippen molar-refractivity contribution in [3.63, 3.8) is 0 Å². The lowest BCUT2D eigenvalue weighted by atomic mass is 9.44. The SMILES string of the molecule is C[C@H](CCC(=O)NCCN1C(=O)C=CC1=O)[C@H]1CC[C@H]2[C@@H]3CCC4CCCC[C@]4(C)[C@H]3CC[C@]12C. The van der Waals surface area contributed by atoms with Crippen molar-refractivity contribution in [1.29, 1.82) is 0 Å². The zero-order chi connectivity index (χ0) is 24.8. The zero-order valence-electron chi connectivity index (χ0n) is 22.2. The highest BCUT2D eigenvalue weighted by Gasteiger charge is 2.60. The quantitative estimate of drug-likeness (QED) is 0.488. The molecule has 1 unspecified atom stereocenters. The number of imide groups is 1. The Morgan fingerprint density at radius 2 is 1.71 bits per heavy atom. The highest BCUT2D eigenvalue weighted by atomic mass is 16.2. The second-order valence-electron chi connectivity index (χ2n) is 13.2. The van der Waals surface area contributed by atoms with Crippen molar-refractivity contribution in [2.75, 3.05) is 13.1 Å². The van der Waals surface area contributed by atoms with E-state index in [2.05, 4.69) is 26.1 Å². The van der Waals surface area contributed by atoms with Crippen molar-refractivity contribution in [2.24, 2.45) is 46.3 Å². The molecule has 0 radical (unpaired) electrons. The summed E-state index contributed by atoms with van der Waals surface area (Å²) in [4.78, 5) is 37.0. The van der Waals surface area contributed by atoms with E-state index in [0.717, 1.165) is 36.0 Å². The first-order valence-corrected chi connectivity index (χ1v) is 14.5. The fourth-order valence-corrected chi connectivity index (χ4v) is 9.88. The van der Waals surface area contributed by atoms with E-state index in [9.17, 15) is 14.4 Å². The minimum Gasteiger partial charge on any atom is -0.354 e. The van der Waals surface area contributed by atoms with Crippen LogP contribution in [0.4, 0.5) is 0 Å². The molecule has 194 valence electrons. The van der Waals surface area contributed by atoms with E-state index in [1.165, 1.54) is 81.3 Å². The number of carbonyl (C=O) groups is 3. The Hall–Kier alpha value is -1.65. The second kappa shape index (κ2) is 9.67. The predicted molar refractivity (Wildman–Crippen MR) is 137 cm³/mol. The van der Waals surface area contributed by atoms with E-state index >= 15 is 0 Å². The van der Waals surface area contributed by atoms with Gasteiger partial charge in [0.25, 0.3) is 11.8 Å². The smallest absolute Gasteiger partial charge is 0.253 e. The van der Waals surface area contributed by atoms with Gasteiger partial charge in [0.2, 0.25) is 5.91 Å². The minimum atomic E-state index is -0.289. The van der Waals surface area contributed by atoms with Gasteiger partial charge in [-0.05, 0) is 104 Å². The zero-order valence-corrected chi connectivity index (χ0v) is 22.2. The lowest BCUT2D eigenvalue weighted by Crippen LogP contribution is -2.53. The molecule has 5 rings (SSSR count). The molecule has 5 aliphatic rings. The van der Waals surface area contributed by atoms with Crippen molar-refractivity contribution in [3.8, 4) is 0 Å². The molecule has 5 heteroatoms. The summed E-state index contributed by atoms with van der Waals surface area (Å²) in [6.07, 6.45) is 18.3. The Kier molecular flexibility index (Phi) is 6.91. The van der Waals surface area contributed by atoms with Crippen LogP contribution in [0.2, 0.25) is 0 Å². The van der Waals surface area contributed by atoms with Crippen molar-refractivity contribution >= 4 is 17.7 Å². The van der Waals surface area contributed by atoms with Crippen molar-refractivity contribution in [2.45, 2.75) is 97.8 Å². The van der Waals surface area contributed by atoms with Crippen LogP contribution in [0.3, 0.4) is 0 Å². The Labute approximate surface area is 211 Å². The summed E-state index contributed by atoms with van der Waals surface area (Å²) in [6, 6.07) is 0. The first kappa shape index (κ1) is 25.0. The molecule has 4 aliphatic carbocycles. The summed E-state index contributed by atoms with van der Waals surface area (Å²) in [5, 5.41) is 2.92. The summed E-state index contributed by atoms with van der Waals surface area (Å²) < 4.78 is 0.